The molecule has 1 heterocycles. The number of hydrogen-bond donors (Lipinski definition) is 1. The molecule has 1 aliphatic rings. The Kier molecular flexibility index (Phi) is 5.81. The van der Waals surface area contributed by atoms with Gasteiger partial charge in [-0.15, -0.1) is 0 Å². The van der Waals surface area contributed by atoms with E-state index in [9.17, 15) is 0 Å². The minimum absolute atomic E-state index is 0.597. The molecule has 0 radical (unpaired) electrons. The van der Waals surface area contributed by atoms with E-state index in [0.29, 0.717) is 12.4 Å². The Balaban J connectivity index is 1.91. The maximum Gasteiger partial charge on any atom is 0.118 e. The summed E-state index contributed by atoms with van der Waals surface area (Å²) in [7, 11) is 2.18. The topological polar surface area (TPSA) is 44.9 Å². The molecule has 4 heteroatoms. The molecule has 21 heavy (non-hydrogen) atoms. The van der Waals surface area contributed by atoms with Crippen LogP contribution in [-0.2, 0) is 6.54 Å². The fraction of sp³-hybridized carbons (Fsp3) is 0.471. The first kappa shape index (κ1) is 15.6. The summed E-state index contributed by atoms with van der Waals surface area (Å²) in [5.41, 5.74) is 8.31. The molecule has 1 aromatic rings. The van der Waals surface area contributed by atoms with Gasteiger partial charge in [0.25, 0.3) is 0 Å². The summed E-state index contributed by atoms with van der Waals surface area (Å²) in [5.74, 6) is 0.597. The number of amidine groups is 1. The molecule has 114 valence electrons. The summed E-state index contributed by atoms with van der Waals surface area (Å²) >= 11 is 0. The van der Waals surface area contributed by atoms with Crippen molar-refractivity contribution in [1.82, 2.24) is 4.90 Å². The highest BCUT2D eigenvalue weighted by molar-refractivity contribution is 5.91. The van der Waals surface area contributed by atoms with E-state index in [2.05, 4.69) is 53.0 Å². The van der Waals surface area contributed by atoms with E-state index in [1.807, 2.05) is 12.2 Å². The smallest absolute Gasteiger partial charge is 0.118 e. The molecule has 0 spiro atoms. The van der Waals surface area contributed by atoms with Crippen molar-refractivity contribution in [2.24, 2.45) is 10.7 Å². The fourth-order valence-electron chi connectivity index (χ4n) is 2.35. The first-order chi connectivity index (χ1) is 10.2. The van der Waals surface area contributed by atoms with E-state index in [1.165, 1.54) is 11.3 Å². The molecule has 1 aromatic carbocycles. The SMILES string of the molecule is CCC=CC(N)=NCc1ccc(N2CCN(C)CC2)cc1. The van der Waals surface area contributed by atoms with Gasteiger partial charge in [0.2, 0.25) is 0 Å². The van der Waals surface area contributed by atoms with Crippen LogP contribution in [0.1, 0.15) is 18.9 Å². The Morgan fingerprint density at radius 1 is 1.19 bits per heavy atom. The van der Waals surface area contributed by atoms with Gasteiger partial charge in [0, 0.05) is 31.9 Å². The van der Waals surface area contributed by atoms with Crippen molar-refractivity contribution in [3.63, 3.8) is 0 Å². The minimum Gasteiger partial charge on any atom is -0.384 e. The Hall–Kier alpha value is -1.81. The average Bonchev–Trinajstić information content (AvgIpc) is 2.52. The first-order valence-corrected chi connectivity index (χ1v) is 7.68. The molecule has 2 N–H and O–H groups in total. The van der Waals surface area contributed by atoms with Gasteiger partial charge in [0.15, 0.2) is 0 Å². The van der Waals surface area contributed by atoms with Gasteiger partial charge in [-0.25, -0.2) is 0 Å². The molecule has 0 saturated carbocycles. The largest absolute Gasteiger partial charge is 0.384 e. The molecule has 0 aliphatic carbocycles. The molecule has 0 bridgehead atoms. The number of anilines is 1. The zero-order valence-electron chi connectivity index (χ0n) is 13.1. The summed E-state index contributed by atoms with van der Waals surface area (Å²) in [4.78, 5) is 9.17. The second-order valence-corrected chi connectivity index (χ2v) is 5.51. The summed E-state index contributed by atoms with van der Waals surface area (Å²) in [6, 6.07) is 8.67. The normalized spacial score (nSPS) is 17.6. The van der Waals surface area contributed by atoms with Crippen molar-refractivity contribution in [1.29, 1.82) is 0 Å². The lowest BCUT2D eigenvalue weighted by molar-refractivity contribution is 0.313. The first-order valence-electron chi connectivity index (χ1n) is 7.68. The molecule has 1 fully saturated rings. The maximum atomic E-state index is 5.82. The third-order valence-electron chi connectivity index (χ3n) is 3.77. The quantitative estimate of drug-likeness (QED) is 0.667. The molecule has 0 aromatic heterocycles. The van der Waals surface area contributed by atoms with E-state index in [4.69, 9.17) is 5.73 Å². The van der Waals surface area contributed by atoms with Crippen LogP contribution in [0.4, 0.5) is 5.69 Å². The lowest BCUT2D eigenvalue weighted by Crippen LogP contribution is -2.44. The van der Waals surface area contributed by atoms with Crippen LogP contribution < -0.4 is 10.6 Å². The number of benzene rings is 1. The van der Waals surface area contributed by atoms with Crippen LogP contribution in [0.25, 0.3) is 0 Å². The third-order valence-corrected chi connectivity index (χ3v) is 3.77. The minimum atomic E-state index is 0.597. The van der Waals surface area contributed by atoms with Gasteiger partial charge in [-0.05, 0) is 37.2 Å². The van der Waals surface area contributed by atoms with Gasteiger partial charge < -0.3 is 15.5 Å². The molecule has 0 unspecified atom stereocenters. The molecular weight excluding hydrogens is 260 g/mol. The third kappa shape index (κ3) is 4.90. The second kappa shape index (κ2) is 7.84. The number of hydrogen-bond acceptors (Lipinski definition) is 3. The Bertz CT molecular complexity index is 482. The van der Waals surface area contributed by atoms with Gasteiger partial charge in [-0.3, -0.25) is 4.99 Å². The predicted molar refractivity (Wildman–Crippen MR) is 90.9 cm³/mol. The molecule has 0 amide bonds. The Morgan fingerprint density at radius 2 is 1.86 bits per heavy atom. The predicted octanol–water partition coefficient (Wildman–Crippen LogP) is 2.26. The van der Waals surface area contributed by atoms with Crippen molar-refractivity contribution < 1.29 is 0 Å². The van der Waals surface area contributed by atoms with E-state index >= 15 is 0 Å². The molecule has 0 atom stereocenters. The van der Waals surface area contributed by atoms with Gasteiger partial charge in [-0.2, -0.15) is 0 Å². The number of allylic oxidation sites excluding steroid dienone is 1. The lowest BCUT2D eigenvalue weighted by Gasteiger charge is -2.34. The molecule has 1 saturated heterocycles. The zero-order chi connectivity index (χ0) is 15.1. The summed E-state index contributed by atoms with van der Waals surface area (Å²) in [5, 5.41) is 0. The van der Waals surface area contributed by atoms with Gasteiger partial charge >= 0.3 is 0 Å². The standard InChI is InChI=1S/C17H26N4/c1-3-4-5-17(18)19-14-15-6-8-16(9-7-15)21-12-10-20(2)11-13-21/h4-9H,3,10-14H2,1-2H3,(H2,18,19). The van der Waals surface area contributed by atoms with Crippen molar-refractivity contribution >= 4 is 11.5 Å². The van der Waals surface area contributed by atoms with E-state index in [-0.39, 0.29) is 0 Å². The van der Waals surface area contributed by atoms with Gasteiger partial charge in [0.1, 0.15) is 5.84 Å². The van der Waals surface area contributed by atoms with Crippen molar-refractivity contribution in [3.05, 3.63) is 42.0 Å². The fourth-order valence-corrected chi connectivity index (χ4v) is 2.35. The highest BCUT2D eigenvalue weighted by Crippen LogP contribution is 2.17. The maximum absolute atomic E-state index is 5.82. The molecule has 1 aliphatic heterocycles. The van der Waals surface area contributed by atoms with Crippen LogP contribution >= 0.6 is 0 Å². The lowest BCUT2D eigenvalue weighted by atomic mass is 10.2. The van der Waals surface area contributed by atoms with Crippen LogP contribution in [0.15, 0.2) is 41.4 Å². The highest BCUT2D eigenvalue weighted by atomic mass is 15.2. The van der Waals surface area contributed by atoms with Gasteiger partial charge in [-0.1, -0.05) is 25.1 Å². The van der Waals surface area contributed by atoms with Crippen LogP contribution in [0.3, 0.4) is 0 Å². The van der Waals surface area contributed by atoms with Crippen LogP contribution in [-0.4, -0.2) is 44.0 Å². The number of aliphatic imine (C=N–C) groups is 1. The number of rotatable bonds is 5. The summed E-state index contributed by atoms with van der Waals surface area (Å²) in [6.07, 6.45) is 4.88. The Labute approximate surface area is 128 Å². The van der Waals surface area contributed by atoms with Crippen molar-refractivity contribution in [3.8, 4) is 0 Å². The van der Waals surface area contributed by atoms with E-state index < -0.39 is 0 Å². The van der Waals surface area contributed by atoms with Crippen molar-refractivity contribution in [2.75, 3.05) is 38.1 Å². The number of likely N-dealkylation sites (N-methyl/N-ethyl adjacent to an activating group) is 1. The number of nitrogens with zero attached hydrogens (tertiary/aromatic N) is 3. The monoisotopic (exact) mass is 286 g/mol. The van der Waals surface area contributed by atoms with E-state index in [0.717, 1.165) is 32.6 Å². The summed E-state index contributed by atoms with van der Waals surface area (Å²) < 4.78 is 0. The highest BCUT2D eigenvalue weighted by Gasteiger charge is 2.13. The number of nitrogens with two attached hydrogens (primary N) is 1. The van der Waals surface area contributed by atoms with Crippen LogP contribution in [0.2, 0.25) is 0 Å². The number of piperazine rings is 1. The molecule has 2 rings (SSSR count). The second-order valence-electron chi connectivity index (χ2n) is 5.51. The van der Waals surface area contributed by atoms with Gasteiger partial charge in [0.05, 0.1) is 6.54 Å². The molecular formula is C17H26N4. The van der Waals surface area contributed by atoms with Crippen LogP contribution in [0.5, 0.6) is 0 Å². The molecule has 4 nitrogen and oxygen atoms in total. The Morgan fingerprint density at radius 3 is 2.48 bits per heavy atom. The van der Waals surface area contributed by atoms with E-state index in [1.54, 1.807) is 0 Å². The average molecular weight is 286 g/mol. The van der Waals surface area contributed by atoms with Crippen molar-refractivity contribution in [2.45, 2.75) is 19.9 Å². The summed E-state index contributed by atoms with van der Waals surface area (Å²) in [6.45, 7) is 7.19. The zero-order valence-corrected chi connectivity index (χ0v) is 13.1. The van der Waals surface area contributed by atoms with Crippen LogP contribution in [0, 0.1) is 0 Å².